The number of carbonyl (C=O) groups excluding carboxylic acids is 1. The minimum Gasteiger partial charge on any atom is -0.388 e. The Balaban J connectivity index is 2.08. The summed E-state index contributed by atoms with van der Waals surface area (Å²) in [5.74, 6) is -0.135. The van der Waals surface area contributed by atoms with Crippen molar-refractivity contribution in [2.75, 3.05) is 13.1 Å². The molecule has 1 saturated heterocycles. The van der Waals surface area contributed by atoms with Crippen molar-refractivity contribution < 1.29 is 9.90 Å². The summed E-state index contributed by atoms with van der Waals surface area (Å²) in [6.45, 7) is 2.82. The van der Waals surface area contributed by atoms with E-state index in [0.717, 1.165) is 24.4 Å². The summed E-state index contributed by atoms with van der Waals surface area (Å²) in [4.78, 5) is 13.5. The normalized spacial score (nSPS) is 26.7. The summed E-state index contributed by atoms with van der Waals surface area (Å²) in [7, 11) is 0. The molecule has 82 valence electrons. The van der Waals surface area contributed by atoms with Gasteiger partial charge in [0, 0.05) is 18.5 Å². The molecule has 1 aromatic rings. The number of aliphatic hydroxyl groups is 1. The van der Waals surface area contributed by atoms with Gasteiger partial charge >= 0.3 is 0 Å². The van der Waals surface area contributed by atoms with Crippen LogP contribution >= 0.6 is 11.5 Å². The lowest BCUT2D eigenvalue weighted by atomic mass is 9.95. The SMILES string of the molecule is CC1(O)CCCN(C(=O)c2csnn2)C1. The van der Waals surface area contributed by atoms with Gasteiger partial charge in [-0.3, -0.25) is 4.79 Å². The van der Waals surface area contributed by atoms with E-state index in [1.807, 2.05) is 0 Å². The van der Waals surface area contributed by atoms with Crippen molar-refractivity contribution in [2.45, 2.75) is 25.4 Å². The van der Waals surface area contributed by atoms with Crippen LogP contribution in [0.2, 0.25) is 0 Å². The lowest BCUT2D eigenvalue weighted by Gasteiger charge is -2.36. The molecule has 15 heavy (non-hydrogen) atoms. The average molecular weight is 227 g/mol. The molecule has 2 heterocycles. The lowest BCUT2D eigenvalue weighted by Crippen LogP contribution is -2.48. The van der Waals surface area contributed by atoms with E-state index in [9.17, 15) is 9.90 Å². The zero-order chi connectivity index (χ0) is 10.9. The second-order valence-corrected chi connectivity index (χ2v) is 4.73. The molecule has 0 bridgehead atoms. The van der Waals surface area contributed by atoms with Crippen LogP contribution in [0, 0.1) is 0 Å². The van der Waals surface area contributed by atoms with Crippen molar-refractivity contribution in [3.8, 4) is 0 Å². The van der Waals surface area contributed by atoms with E-state index < -0.39 is 5.60 Å². The zero-order valence-corrected chi connectivity index (χ0v) is 9.33. The average Bonchev–Trinajstić information content (AvgIpc) is 2.67. The predicted molar refractivity (Wildman–Crippen MR) is 55.7 cm³/mol. The molecule has 2 rings (SSSR count). The third-order valence-electron chi connectivity index (χ3n) is 2.54. The van der Waals surface area contributed by atoms with Gasteiger partial charge in [0.1, 0.15) is 0 Å². The van der Waals surface area contributed by atoms with E-state index in [0.29, 0.717) is 18.8 Å². The van der Waals surface area contributed by atoms with E-state index in [4.69, 9.17) is 0 Å². The van der Waals surface area contributed by atoms with E-state index in [1.165, 1.54) is 0 Å². The van der Waals surface area contributed by atoms with E-state index in [2.05, 4.69) is 9.59 Å². The highest BCUT2D eigenvalue weighted by atomic mass is 32.1. The number of hydrogen-bond acceptors (Lipinski definition) is 5. The first-order valence-corrected chi connectivity index (χ1v) is 5.71. The van der Waals surface area contributed by atoms with Crippen molar-refractivity contribution in [1.82, 2.24) is 14.5 Å². The number of rotatable bonds is 1. The Morgan fingerprint density at radius 3 is 3.13 bits per heavy atom. The van der Waals surface area contributed by atoms with Crippen molar-refractivity contribution in [3.63, 3.8) is 0 Å². The smallest absolute Gasteiger partial charge is 0.275 e. The molecule has 1 atom stereocenters. The summed E-state index contributed by atoms with van der Waals surface area (Å²) in [5.41, 5.74) is -0.394. The number of likely N-dealkylation sites (tertiary alicyclic amines) is 1. The van der Waals surface area contributed by atoms with E-state index in [1.54, 1.807) is 17.2 Å². The third-order valence-corrected chi connectivity index (χ3v) is 3.05. The number of nitrogens with zero attached hydrogens (tertiary/aromatic N) is 3. The number of amides is 1. The number of carbonyl (C=O) groups is 1. The van der Waals surface area contributed by atoms with Crippen molar-refractivity contribution >= 4 is 17.4 Å². The zero-order valence-electron chi connectivity index (χ0n) is 8.51. The molecule has 1 amide bonds. The van der Waals surface area contributed by atoms with Crippen LogP contribution in [0.15, 0.2) is 5.38 Å². The first-order valence-electron chi connectivity index (χ1n) is 4.87. The van der Waals surface area contributed by atoms with Crippen LogP contribution in [0.3, 0.4) is 0 Å². The maximum absolute atomic E-state index is 11.9. The van der Waals surface area contributed by atoms with Gasteiger partial charge < -0.3 is 10.0 Å². The number of aromatic nitrogens is 2. The second-order valence-electron chi connectivity index (χ2n) is 4.12. The first kappa shape index (κ1) is 10.5. The maximum Gasteiger partial charge on any atom is 0.275 e. The molecular weight excluding hydrogens is 214 g/mol. The van der Waals surface area contributed by atoms with Gasteiger partial charge in [-0.05, 0) is 31.3 Å². The number of piperidine rings is 1. The summed E-state index contributed by atoms with van der Waals surface area (Å²) in [6, 6.07) is 0. The molecule has 0 saturated carbocycles. The Kier molecular flexibility index (Phi) is 2.70. The molecule has 0 aliphatic carbocycles. The predicted octanol–water partition coefficient (Wildman–Crippen LogP) is 0.525. The molecular formula is C9H13N3O2S. The molecule has 5 nitrogen and oxygen atoms in total. The Morgan fingerprint density at radius 2 is 2.53 bits per heavy atom. The molecule has 0 aromatic carbocycles. The van der Waals surface area contributed by atoms with Gasteiger partial charge in [-0.25, -0.2) is 0 Å². The standard InChI is InChI=1S/C9H13N3O2S/c1-9(14)3-2-4-12(6-9)8(13)7-5-15-11-10-7/h5,14H,2-4,6H2,1H3. The number of β-amino-alcohol motifs (C(OH)–C–C–N with tert-alkyl or cyclic N) is 1. The van der Waals surface area contributed by atoms with Crippen molar-refractivity contribution in [3.05, 3.63) is 11.1 Å². The topological polar surface area (TPSA) is 66.3 Å². The van der Waals surface area contributed by atoms with Crippen LogP contribution in [0.5, 0.6) is 0 Å². The second kappa shape index (κ2) is 3.86. The largest absolute Gasteiger partial charge is 0.388 e. The lowest BCUT2D eigenvalue weighted by molar-refractivity contribution is -0.0109. The highest BCUT2D eigenvalue weighted by molar-refractivity contribution is 7.03. The van der Waals surface area contributed by atoms with Gasteiger partial charge in [0.05, 0.1) is 5.60 Å². The van der Waals surface area contributed by atoms with Crippen molar-refractivity contribution in [2.24, 2.45) is 0 Å². The van der Waals surface area contributed by atoms with Crippen LogP contribution < -0.4 is 0 Å². The van der Waals surface area contributed by atoms with Gasteiger partial charge in [-0.1, -0.05) is 4.49 Å². The number of hydrogen-bond donors (Lipinski definition) is 1. The maximum atomic E-state index is 11.9. The molecule has 1 aliphatic rings. The fourth-order valence-corrected chi connectivity index (χ4v) is 2.24. The van der Waals surface area contributed by atoms with Crippen LogP contribution in [0.25, 0.3) is 0 Å². The Bertz CT molecular complexity index is 350. The monoisotopic (exact) mass is 227 g/mol. The summed E-state index contributed by atoms with van der Waals surface area (Å²) in [5, 5.41) is 15.2. The van der Waals surface area contributed by atoms with Crippen LogP contribution in [-0.2, 0) is 0 Å². The van der Waals surface area contributed by atoms with Crippen LogP contribution in [-0.4, -0.2) is 44.2 Å². The highest BCUT2D eigenvalue weighted by Gasteiger charge is 2.31. The molecule has 0 spiro atoms. The van der Waals surface area contributed by atoms with Gasteiger partial charge in [0.15, 0.2) is 5.69 Å². The van der Waals surface area contributed by atoms with Crippen molar-refractivity contribution in [1.29, 1.82) is 0 Å². The Hall–Kier alpha value is -1.01. The van der Waals surface area contributed by atoms with E-state index in [-0.39, 0.29) is 5.91 Å². The Morgan fingerprint density at radius 1 is 1.73 bits per heavy atom. The minimum atomic E-state index is -0.767. The molecule has 6 heteroatoms. The Labute approximate surface area is 91.9 Å². The summed E-state index contributed by atoms with van der Waals surface area (Å²) in [6.07, 6.45) is 1.57. The van der Waals surface area contributed by atoms with Crippen LogP contribution in [0.4, 0.5) is 0 Å². The third kappa shape index (κ3) is 2.32. The fourth-order valence-electron chi connectivity index (χ4n) is 1.81. The van der Waals surface area contributed by atoms with Gasteiger partial charge in [0.2, 0.25) is 0 Å². The molecule has 1 N–H and O–H groups in total. The molecule has 1 fully saturated rings. The molecule has 1 aromatic heterocycles. The molecule has 1 unspecified atom stereocenters. The van der Waals surface area contributed by atoms with Gasteiger partial charge in [-0.2, -0.15) is 0 Å². The molecule has 1 aliphatic heterocycles. The van der Waals surface area contributed by atoms with Gasteiger partial charge in [0.25, 0.3) is 5.91 Å². The highest BCUT2D eigenvalue weighted by Crippen LogP contribution is 2.21. The summed E-state index contributed by atoms with van der Waals surface area (Å²) < 4.78 is 3.66. The van der Waals surface area contributed by atoms with E-state index >= 15 is 0 Å². The van der Waals surface area contributed by atoms with Crippen LogP contribution in [0.1, 0.15) is 30.3 Å². The minimum absolute atomic E-state index is 0.135. The summed E-state index contributed by atoms with van der Waals surface area (Å²) >= 11 is 1.16. The first-order chi connectivity index (χ1) is 7.08. The molecule has 0 radical (unpaired) electrons. The fraction of sp³-hybridized carbons (Fsp3) is 0.667. The quantitative estimate of drug-likeness (QED) is 0.759. The van der Waals surface area contributed by atoms with Gasteiger partial charge in [-0.15, -0.1) is 5.10 Å².